The molecule has 1 heterocycles. The maximum atomic E-state index is 12.7. The fourth-order valence-corrected chi connectivity index (χ4v) is 5.25. The van der Waals surface area contributed by atoms with Crippen molar-refractivity contribution in [3.8, 4) is 11.1 Å². The lowest BCUT2D eigenvalue weighted by Gasteiger charge is -2.33. The van der Waals surface area contributed by atoms with Gasteiger partial charge in [0.05, 0.1) is 4.90 Å². The summed E-state index contributed by atoms with van der Waals surface area (Å²) in [5.74, 6) is -0.102. The van der Waals surface area contributed by atoms with Gasteiger partial charge in [0, 0.05) is 44.8 Å². The number of carbonyl (C=O) groups is 1. The van der Waals surface area contributed by atoms with E-state index in [9.17, 15) is 13.2 Å². The van der Waals surface area contributed by atoms with Crippen molar-refractivity contribution in [2.24, 2.45) is 0 Å². The van der Waals surface area contributed by atoms with Crippen molar-refractivity contribution >= 4 is 15.9 Å². The van der Waals surface area contributed by atoms with E-state index in [0.29, 0.717) is 49.7 Å². The molecule has 1 fully saturated rings. The van der Waals surface area contributed by atoms with Crippen LogP contribution in [0.5, 0.6) is 0 Å². The summed E-state index contributed by atoms with van der Waals surface area (Å²) in [6.45, 7) is 3.40. The molecular weight excluding hydrogens is 422 g/mol. The van der Waals surface area contributed by atoms with Crippen LogP contribution in [0.2, 0.25) is 0 Å². The van der Waals surface area contributed by atoms with Gasteiger partial charge in [-0.25, -0.2) is 8.42 Å². The Morgan fingerprint density at radius 3 is 1.94 bits per heavy atom. The van der Waals surface area contributed by atoms with Gasteiger partial charge in [-0.05, 0) is 35.4 Å². The topological polar surface area (TPSA) is 69.7 Å². The van der Waals surface area contributed by atoms with Gasteiger partial charge in [-0.15, -0.1) is 0 Å². The minimum atomic E-state index is -3.44. The maximum absolute atomic E-state index is 12.7. The van der Waals surface area contributed by atoms with Crippen molar-refractivity contribution in [1.29, 1.82) is 0 Å². The summed E-state index contributed by atoms with van der Waals surface area (Å²) in [6.07, 6.45) is 0. The first-order valence-electron chi connectivity index (χ1n) is 10.8. The molecule has 1 aliphatic rings. The predicted molar refractivity (Wildman–Crippen MR) is 126 cm³/mol. The Morgan fingerprint density at radius 2 is 1.31 bits per heavy atom. The molecule has 0 bridgehead atoms. The molecule has 1 aliphatic heterocycles. The predicted octanol–water partition coefficient (Wildman–Crippen LogP) is 3.09. The molecule has 0 aliphatic carbocycles. The normalized spacial score (nSPS) is 15.4. The highest BCUT2D eigenvalue weighted by atomic mass is 32.2. The Balaban J connectivity index is 1.23. The van der Waals surface area contributed by atoms with Crippen LogP contribution in [0.4, 0.5) is 0 Å². The zero-order valence-electron chi connectivity index (χ0n) is 17.9. The van der Waals surface area contributed by atoms with Crippen LogP contribution in [0, 0.1) is 0 Å². The summed E-state index contributed by atoms with van der Waals surface area (Å²) in [6, 6.07) is 26.2. The van der Waals surface area contributed by atoms with Crippen molar-refractivity contribution in [2.45, 2.75) is 4.90 Å². The van der Waals surface area contributed by atoms with Crippen molar-refractivity contribution in [1.82, 2.24) is 14.5 Å². The van der Waals surface area contributed by atoms with Gasteiger partial charge >= 0.3 is 0 Å². The first-order valence-corrected chi connectivity index (χ1v) is 12.2. The summed E-state index contributed by atoms with van der Waals surface area (Å²) in [5, 5.41) is 2.96. The second-order valence-corrected chi connectivity index (χ2v) is 9.70. The molecule has 4 rings (SSSR count). The highest BCUT2D eigenvalue weighted by Crippen LogP contribution is 2.19. The van der Waals surface area contributed by atoms with Crippen LogP contribution in [0.15, 0.2) is 89.8 Å². The zero-order valence-corrected chi connectivity index (χ0v) is 18.7. The van der Waals surface area contributed by atoms with E-state index >= 15 is 0 Å². The molecule has 6 nitrogen and oxygen atoms in total. The van der Waals surface area contributed by atoms with Gasteiger partial charge in [0.1, 0.15) is 0 Å². The SMILES string of the molecule is O=C(NCCN1CCN(S(=O)(=O)c2ccccc2)CC1)c1ccc(-c2ccccc2)cc1. The van der Waals surface area contributed by atoms with Gasteiger partial charge in [0.2, 0.25) is 10.0 Å². The highest BCUT2D eigenvalue weighted by molar-refractivity contribution is 7.89. The van der Waals surface area contributed by atoms with E-state index in [2.05, 4.69) is 10.2 Å². The molecule has 1 N–H and O–H groups in total. The lowest BCUT2D eigenvalue weighted by atomic mass is 10.0. The standard InChI is InChI=1S/C25H27N3O3S/c29-25(23-13-11-22(12-14-23)21-7-3-1-4-8-21)26-15-16-27-17-19-28(20-18-27)32(30,31)24-9-5-2-6-10-24/h1-14H,15-20H2,(H,26,29). The lowest BCUT2D eigenvalue weighted by Crippen LogP contribution is -2.50. The molecule has 0 unspecified atom stereocenters. The number of sulfonamides is 1. The van der Waals surface area contributed by atoms with Crippen molar-refractivity contribution < 1.29 is 13.2 Å². The van der Waals surface area contributed by atoms with Crippen LogP contribution < -0.4 is 5.32 Å². The first kappa shape index (κ1) is 22.2. The molecule has 7 heteroatoms. The zero-order chi connectivity index (χ0) is 22.4. The number of carbonyl (C=O) groups excluding carboxylic acids is 1. The van der Waals surface area contributed by atoms with E-state index in [-0.39, 0.29) is 5.91 Å². The largest absolute Gasteiger partial charge is 0.351 e. The van der Waals surface area contributed by atoms with Crippen molar-refractivity contribution in [3.05, 3.63) is 90.5 Å². The number of piperazine rings is 1. The van der Waals surface area contributed by atoms with Crippen LogP contribution in [0.25, 0.3) is 11.1 Å². The van der Waals surface area contributed by atoms with Gasteiger partial charge in [0.15, 0.2) is 0 Å². The van der Waals surface area contributed by atoms with Crippen LogP contribution in [-0.4, -0.2) is 62.8 Å². The molecule has 0 atom stereocenters. The maximum Gasteiger partial charge on any atom is 0.251 e. The molecular formula is C25H27N3O3S. The summed E-state index contributed by atoms with van der Waals surface area (Å²) < 4.78 is 27.0. The van der Waals surface area contributed by atoms with Gasteiger partial charge in [-0.3, -0.25) is 9.69 Å². The number of nitrogens with one attached hydrogen (secondary N) is 1. The molecule has 0 saturated carbocycles. The van der Waals surface area contributed by atoms with E-state index in [1.165, 1.54) is 4.31 Å². The number of benzene rings is 3. The number of hydrogen-bond donors (Lipinski definition) is 1. The molecule has 1 saturated heterocycles. The number of rotatable bonds is 7. The minimum Gasteiger partial charge on any atom is -0.351 e. The smallest absolute Gasteiger partial charge is 0.251 e. The molecule has 0 spiro atoms. The van der Waals surface area contributed by atoms with Crippen LogP contribution in [0.1, 0.15) is 10.4 Å². The Bertz CT molecular complexity index is 1130. The third kappa shape index (κ3) is 5.24. The van der Waals surface area contributed by atoms with Gasteiger partial charge in [-0.2, -0.15) is 4.31 Å². The Hall–Kier alpha value is -3.00. The van der Waals surface area contributed by atoms with E-state index in [0.717, 1.165) is 11.1 Å². The number of nitrogens with zero attached hydrogens (tertiary/aromatic N) is 2. The Morgan fingerprint density at radius 1 is 0.750 bits per heavy atom. The summed E-state index contributed by atoms with van der Waals surface area (Å²) in [7, 11) is -3.44. The molecule has 0 aromatic heterocycles. The second kappa shape index (κ2) is 10.1. The minimum absolute atomic E-state index is 0.102. The molecule has 1 amide bonds. The first-order chi connectivity index (χ1) is 15.5. The lowest BCUT2D eigenvalue weighted by molar-refractivity contribution is 0.0945. The molecule has 32 heavy (non-hydrogen) atoms. The van der Waals surface area contributed by atoms with Gasteiger partial charge in [0.25, 0.3) is 5.91 Å². The van der Waals surface area contributed by atoms with Crippen molar-refractivity contribution in [2.75, 3.05) is 39.3 Å². The summed E-state index contributed by atoms with van der Waals surface area (Å²) in [5.41, 5.74) is 2.82. The molecule has 3 aromatic carbocycles. The van der Waals surface area contributed by atoms with E-state index < -0.39 is 10.0 Å². The van der Waals surface area contributed by atoms with Crippen LogP contribution in [0.3, 0.4) is 0 Å². The Labute approximate surface area is 189 Å². The fourth-order valence-electron chi connectivity index (χ4n) is 3.81. The number of amides is 1. The number of hydrogen-bond acceptors (Lipinski definition) is 4. The van der Waals surface area contributed by atoms with E-state index in [1.54, 1.807) is 24.3 Å². The monoisotopic (exact) mass is 449 g/mol. The van der Waals surface area contributed by atoms with E-state index in [4.69, 9.17) is 0 Å². The van der Waals surface area contributed by atoms with Crippen LogP contribution >= 0.6 is 0 Å². The van der Waals surface area contributed by atoms with Crippen LogP contribution in [-0.2, 0) is 10.0 Å². The molecule has 166 valence electrons. The molecule has 0 radical (unpaired) electrons. The average Bonchev–Trinajstić information content (AvgIpc) is 2.85. The quantitative estimate of drug-likeness (QED) is 0.602. The second-order valence-electron chi connectivity index (χ2n) is 7.76. The third-order valence-corrected chi connectivity index (χ3v) is 7.59. The summed E-state index contributed by atoms with van der Waals surface area (Å²) >= 11 is 0. The fraction of sp³-hybridized carbons (Fsp3) is 0.240. The highest BCUT2D eigenvalue weighted by Gasteiger charge is 2.28. The van der Waals surface area contributed by atoms with Gasteiger partial charge in [-0.1, -0.05) is 60.7 Å². The van der Waals surface area contributed by atoms with Crippen molar-refractivity contribution in [3.63, 3.8) is 0 Å². The Kier molecular flexibility index (Phi) is 6.99. The van der Waals surface area contributed by atoms with E-state index in [1.807, 2.05) is 60.7 Å². The van der Waals surface area contributed by atoms with Gasteiger partial charge < -0.3 is 5.32 Å². The third-order valence-electron chi connectivity index (χ3n) is 5.68. The molecule has 3 aromatic rings. The average molecular weight is 450 g/mol. The summed E-state index contributed by atoms with van der Waals surface area (Å²) in [4.78, 5) is 15.0.